The van der Waals surface area contributed by atoms with E-state index < -0.39 is 0 Å². The Morgan fingerprint density at radius 3 is 2.33 bits per heavy atom. The highest BCUT2D eigenvalue weighted by Gasteiger charge is 2.14. The summed E-state index contributed by atoms with van der Waals surface area (Å²) in [7, 11) is 0. The minimum Gasteiger partial charge on any atom is -0.498 e. The van der Waals surface area contributed by atoms with Gasteiger partial charge in [0.05, 0.1) is 0 Å². The van der Waals surface area contributed by atoms with E-state index in [9.17, 15) is 5.11 Å². The number of nitrogens with zero attached hydrogens (tertiary/aromatic N) is 4. The fraction of sp³-hybridized carbons (Fsp3) is 0. The zero-order valence-corrected chi connectivity index (χ0v) is 11.3. The lowest BCUT2D eigenvalue weighted by Gasteiger charge is -1.98. The number of benzene rings is 1. The largest absolute Gasteiger partial charge is 0.498 e. The molecule has 7 heteroatoms. The molecule has 0 radical (unpaired) electrons. The Kier molecular flexibility index (Phi) is 4.16. The number of hydrogen-bond acceptors (Lipinski definition) is 7. The van der Waals surface area contributed by atoms with Crippen molar-refractivity contribution in [1.29, 1.82) is 15.8 Å². The zero-order valence-electron chi connectivity index (χ0n) is 10.5. The van der Waals surface area contributed by atoms with Crippen LogP contribution in [0.2, 0.25) is 0 Å². The van der Waals surface area contributed by atoms with Crippen LogP contribution < -0.4 is 5.32 Å². The van der Waals surface area contributed by atoms with Crippen molar-refractivity contribution >= 4 is 16.5 Å². The first kappa shape index (κ1) is 14.1. The molecule has 6 nitrogen and oxygen atoms in total. The van der Waals surface area contributed by atoms with Crippen molar-refractivity contribution < 1.29 is 5.11 Å². The van der Waals surface area contributed by atoms with Gasteiger partial charge in [-0.15, -0.1) is 0 Å². The number of nitrogens with one attached hydrogen (secondary N) is 1. The number of allylic oxidation sites excluding steroid dienone is 2. The topological polar surface area (TPSA) is 117 Å². The summed E-state index contributed by atoms with van der Waals surface area (Å²) in [5, 5.41) is 39.2. The average Bonchev–Trinajstić information content (AvgIpc) is 2.89. The van der Waals surface area contributed by atoms with Crippen LogP contribution in [0, 0.1) is 34.0 Å². The Labute approximate surface area is 124 Å². The first-order valence-corrected chi connectivity index (χ1v) is 6.48. The van der Waals surface area contributed by atoms with Gasteiger partial charge in [0.15, 0.2) is 10.7 Å². The first-order chi connectivity index (χ1) is 10.2. The van der Waals surface area contributed by atoms with Gasteiger partial charge < -0.3 is 10.4 Å². The Balaban J connectivity index is 2.38. The van der Waals surface area contributed by atoms with Crippen LogP contribution in [0.25, 0.3) is 11.3 Å². The number of hydrogen-bond donors (Lipinski definition) is 2. The molecule has 2 aromatic rings. The van der Waals surface area contributed by atoms with Crippen LogP contribution in [-0.2, 0) is 0 Å². The molecule has 1 aromatic heterocycles. The van der Waals surface area contributed by atoms with Gasteiger partial charge in [-0.2, -0.15) is 15.8 Å². The molecule has 100 valence electrons. The Bertz CT molecular complexity index is 802. The molecule has 0 spiro atoms. The number of nitriles is 3. The molecule has 1 heterocycles. The van der Waals surface area contributed by atoms with Crippen molar-refractivity contribution in [3.8, 4) is 34.5 Å². The van der Waals surface area contributed by atoms with E-state index in [-0.39, 0.29) is 21.5 Å². The van der Waals surface area contributed by atoms with Crippen LogP contribution in [0.4, 0.5) is 5.13 Å². The standard InChI is InChI=1S/C14H7N5OS/c15-6-10(7-16)11(8-17)18-14-19-12(13(20)21-14)9-4-2-1-3-5-9/h1-5,20H,(H,18,19). The molecule has 0 saturated carbocycles. The molecule has 0 aliphatic carbocycles. The molecule has 2 N–H and O–H groups in total. The minimum atomic E-state index is -0.339. The molecule has 0 aliphatic rings. The number of aromatic hydroxyl groups is 1. The summed E-state index contributed by atoms with van der Waals surface area (Å²) >= 11 is 0.921. The van der Waals surface area contributed by atoms with Gasteiger partial charge in [-0.3, -0.25) is 0 Å². The second-order valence-electron chi connectivity index (χ2n) is 3.75. The molecular weight excluding hydrogens is 286 g/mol. The minimum absolute atomic E-state index is 0.0172. The highest BCUT2D eigenvalue weighted by atomic mass is 32.1. The third-order valence-electron chi connectivity index (χ3n) is 2.47. The SMILES string of the molecule is N#CC(C#N)=C(C#N)Nc1nc(-c2ccccc2)c(O)s1. The number of aromatic nitrogens is 1. The maximum absolute atomic E-state index is 9.91. The van der Waals surface area contributed by atoms with E-state index in [2.05, 4.69) is 10.3 Å². The van der Waals surface area contributed by atoms with Gasteiger partial charge in [0.2, 0.25) is 5.06 Å². The van der Waals surface area contributed by atoms with Crippen LogP contribution in [-0.4, -0.2) is 10.1 Å². The summed E-state index contributed by atoms with van der Waals surface area (Å²) < 4.78 is 0. The normalized spacial score (nSPS) is 9.00. The molecule has 21 heavy (non-hydrogen) atoms. The van der Waals surface area contributed by atoms with Crippen molar-refractivity contribution in [3.05, 3.63) is 41.6 Å². The molecule has 0 bridgehead atoms. The fourth-order valence-corrected chi connectivity index (χ4v) is 2.27. The van der Waals surface area contributed by atoms with Crippen LogP contribution >= 0.6 is 11.3 Å². The number of anilines is 1. The summed E-state index contributed by atoms with van der Waals surface area (Å²) in [6.07, 6.45) is 0. The second-order valence-corrected chi connectivity index (χ2v) is 4.73. The fourth-order valence-electron chi connectivity index (χ4n) is 1.54. The highest BCUT2D eigenvalue weighted by molar-refractivity contribution is 7.17. The molecule has 2 rings (SSSR count). The molecule has 0 atom stereocenters. The lowest BCUT2D eigenvalue weighted by atomic mass is 10.2. The lowest BCUT2D eigenvalue weighted by molar-refractivity contribution is 0.491. The molecule has 0 amide bonds. The van der Waals surface area contributed by atoms with Gasteiger partial charge in [0, 0.05) is 5.56 Å². The molecule has 0 saturated heterocycles. The number of thiazole rings is 1. The van der Waals surface area contributed by atoms with Gasteiger partial charge in [-0.05, 0) is 0 Å². The zero-order chi connectivity index (χ0) is 15.2. The maximum atomic E-state index is 9.91. The Morgan fingerprint density at radius 1 is 1.10 bits per heavy atom. The summed E-state index contributed by atoms with van der Waals surface area (Å²) in [4.78, 5) is 4.17. The average molecular weight is 293 g/mol. The van der Waals surface area contributed by atoms with Crippen molar-refractivity contribution in [2.45, 2.75) is 0 Å². The van der Waals surface area contributed by atoms with E-state index in [4.69, 9.17) is 15.8 Å². The Morgan fingerprint density at radius 2 is 1.76 bits per heavy atom. The predicted molar refractivity (Wildman–Crippen MR) is 76.7 cm³/mol. The van der Waals surface area contributed by atoms with Crippen molar-refractivity contribution in [2.75, 3.05) is 5.32 Å². The van der Waals surface area contributed by atoms with Gasteiger partial charge in [-0.25, -0.2) is 4.98 Å². The lowest BCUT2D eigenvalue weighted by Crippen LogP contribution is -2.00. The van der Waals surface area contributed by atoms with Crippen LogP contribution in [0.5, 0.6) is 5.06 Å². The van der Waals surface area contributed by atoms with Crippen molar-refractivity contribution in [3.63, 3.8) is 0 Å². The van der Waals surface area contributed by atoms with E-state index >= 15 is 0 Å². The first-order valence-electron chi connectivity index (χ1n) is 5.66. The predicted octanol–water partition coefficient (Wildman–Crippen LogP) is 2.75. The Hall–Kier alpha value is -3.34. The molecule has 0 aliphatic heterocycles. The van der Waals surface area contributed by atoms with E-state index in [1.54, 1.807) is 30.3 Å². The third kappa shape index (κ3) is 2.98. The van der Waals surface area contributed by atoms with Gasteiger partial charge >= 0.3 is 0 Å². The van der Waals surface area contributed by atoms with Crippen molar-refractivity contribution in [1.82, 2.24) is 4.98 Å². The molecule has 0 unspecified atom stereocenters. The second kappa shape index (κ2) is 6.21. The van der Waals surface area contributed by atoms with Gasteiger partial charge in [0.1, 0.15) is 29.6 Å². The van der Waals surface area contributed by atoms with E-state index in [0.717, 1.165) is 16.9 Å². The van der Waals surface area contributed by atoms with Gasteiger partial charge in [0.25, 0.3) is 0 Å². The highest BCUT2D eigenvalue weighted by Crippen LogP contribution is 2.37. The summed E-state index contributed by atoms with van der Waals surface area (Å²) in [5.74, 6) is 0. The van der Waals surface area contributed by atoms with Crippen LogP contribution in [0.3, 0.4) is 0 Å². The van der Waals surface area contributed by atoms with Crippen LogP contribution in [0.15, 0.2) is 41.6 Å². The molecular formula is C14H7N5OS. The summed E-state index contributed by atoms with van der Waals surface area (Å²) in [6.45, 7) is 0. The van der Waals surface area contributed by atoms with E-state index in [1.807, 2.05) is 18.2 Å². The molecule has 0 fully saturated rings. The maximum Gasteiger partial charge on any atom is 0.201 e. The smallest absolute Gasteiger partial charge is 0.201 e. The van der Waals surface area contributed by atoms with E-state index in [0.29, 0.717) is 5.69 Å². The number of rotatable bonds is 3. The third-order valence-corrected chi connectivity index (χ3v) is 3.25. The quantitative estimate of drug-likeness (QED) is 0.840. The van der Waals surface area contributed by atoms with Gasteiger partial charge in [-0.1, -0.05) is 41.7 Å². The summed E-state index contributed by atoms with van der Waals surface area (Å²) in [6, 6.07) is 14.0. The summed E-state index contributed by atoms with van der Waals surface area (Å²) in [5.41, 5.74) is 0.556. The van der Waals surface area contributed by atoms with Crippen molar-refractivity contribution in [2.24, 2.45) is 0 Å². The van der Waals surface area contributed by atoms with Crippen LogP contribution in [0.1, 0.15) is 0 Å². The van der Waals surface area contributed by atoms with E-state index in [1.165, 1.54) is 0 Å². The molecule has 1 aromatic carbocycles. The monoisotopic (exact) mass is 293 g/mol.